The summed E-state index contributed by atoms with van der Waals surface area (Å²) in [7, 11) is 0. The zero-order valence-corrected chi connectivity index (χ0v) is 14.8. The first kappa shape index (κ1) is 16.6. The topological polar surface area (TPSA) is 70.5 Å². The lowest BCUT2D eigenvalue weighted by Gasteiger charge is -2.29. The minimum absolute atomic E-state index is 0.0753. The molecule has 0 aliphatic carbocycles. The Balaban J connectivity index is 1.83. The van der Waals surface area contributed by atoms with Crippen molar-refractivity contribution in [3.8, 4) is 0 Å². The van der Waals surface area contributed by atoms with Gasteiger partial charge in [-0.1, -0.05) is 32.9 Å². The number of aromatic carboxylic acids is 1. The van der Waals surface area contributed by atoms with E-state index in [-0.39, 0.29) is 11.3 Å². The molecule has 1 aromatic carbocycles. The van der Waals surface area contributed by atoms with E-state index < -0.39 is 5.97 Å². The fourth-order valence-electron chi connectivity index (χ4n) is 2.86. The van der Waals surface area contributed by atoms with E-state index in [4.69, 9.17) is 0 Å². The van der Waals surface area contributed by atoms with E-state index in [0.717, 1.165) is 16.1 Å². The van der Waals surface area contributed by atoms with E-state index in [1.54, 1.807) is 17.0 Å². The summed E-state index contributed by atoms with van der Waals surface area (Å²) in [4.78, 5) is 30.3. The monoisotopic (exact) mass is 344 g/mol. The molecule has 1 aliphatic heterocycles. The molecule has 0 atom stereocenters. The lowest BCUT2D eigenvalue weighted by molar-refractivity contribution is 0.0694. The molecule has 0 fully saturated rings. The molecule has 0 radical (unpaired) electrons. The van der Waals surface area contributed by atoms with E-state index in [0.29, 0.717) is 30.8 Å². The minimum Gasteiger partial charge on any atom is -0.478 e. The van der Waals surface area contributed by atoms with Crippen molar-refractivity contribution >= 4 is 23.2 Å². The minimum atomic E-state index is -0.916. The molecule has 0 spiro atoms. The van der Waals surface area contributed by atoms with Crippen molar-refractivity contribution in [2.24, 2.45) is 0 Å². The number of carboxylic acids is 1. The van der Waals surface area contributed by atoms with Crippen LogP contribution in [0.15, 0.2) is 23.6 Å². The molecule has 24 heavy (non-hydrogen) atoms. The van der Waals surface area contributed by atoms with Crippen LogP contribution in [0.1, 0.15) is 57.8 Å². The molecule has 2 heterocycles. The Labute approximate surface area is 145 Å². The van der Waals surface area contributed by atoms with Crippen LogP contribution >= 0.6 is 11.3 Å². The van der Waals surface area contributed by atoms with Gasteiger partial charge in [-0.15, -0.1) is 11.3 Å². The number of benzene rings is 1. The van der Waals surface area contributed by atoms with Crippen molar-refractivity contribution in [2.45, 2.75) is 39.2 Å². The Morgan fingerprint density at radius 3 is 2.67 bits per heavy atom. The van der Waals surface area contributed by atoms with Crippen molar-refractivity contribution in [3.05, 3.63) is 51.0 Å². The molecule has 0 saturated carbocycles. The van der Waals surface area contributed by atoms with Crippen LogP contribution in [0.25, 0.3) is 0 Å². The molecule has 5 nitrogen and oxygen atoms in total. The molecule has 6 heteroatoms. The number of hydrogen-bond donors (Lipinski definition) is 1. The predicted molar refractivity (Wildman–Crippen MR) is 92.7 cm³/mol. The summed E-state index contributed by atoms with van der Waals surface area (Å²) in [6.07, 6.45) is 0.555. The Morgan fingerprint density at radius 2 is 2.04 bits per heavy atom. The molecule has 126 valence electrons. The van der Waals surface area contributed by atoms with Crippen molar-refractivity contribution in [2.75, 3.05) is 6.54 Å². The van der Waals surface area contributed by atoms with Gasteiger partial charge in [-0.25, -0.2) is 9.78 Å². The third kappa shape index (κ3) is 3.06. The summed E-state index contributed by atoms with van der Waals surface area (Å²) in [5, 5.41) is 12.0. The fourth-order valence-corrected chi connectivity index (χ4v) is 3.74. The summed E-state index contributed by atoms with van der Waals surface area (Å²) in [6.45, 7) is 7.16. The second-order valence-electron chi connectivity index (χ2n) is 7.01. The Bertz CT molecular complexity index is 805. The summed E-state index contributed by atoms with van der Waals surface area (Å²) < 4.78 is 0. The summed E-state index contributed by atoms with van der Waals surface area (Å²) in [6, 6.07) is 5.24. The molecule has 0 saturated heterocycles. The van der Waals surface area contributed by atoms with Gasteiger partial charge in [0.05, 0.1) is 10.6 Å². The number of aromatic nitrogens is 1. The highest BCUT2D eigenvalue weighted by Gasteiger charge is 2.27. The average molecular weight is 344 g/mol. The van der Waals surface area contributed by atoms with Gasteiger partial charge in [-0.05, 0) is 23.6 Å². The maximum absolute atomic E-state index is 12.7. The SMILES string of the molecule is CC(C)(C)c1nc(C(=O)N2CCc3c(cccc3C(=O)O)C2)cs1. The van der Waals surface area contributed by atoms with Crippen LogP contribution in [0.4, 0.5) is 0 Å². The first-order valence-corrected chi connectivity index (χ1v) is 8.74. The molecular formula is C18H20N2O3S. The van der Waals surface area contributed by atoms with Crippen LogP contribution in [-0.2, 0) is 18.4 Å². The number of carboxylic acid groups (broad SMARTS) is 1. The fraction of sp³-hybridized carbons (Fsp3) is 0.389. The smallest absolute Gasteiger partial charge is 0.335 e. The first-order chi connectivity index (χ1) is 11.3. The van der Waals surface area contributed by atoms with Crippen LogP contribution < -0.4 is 0 Å². The lowest BCUT2D eigenvalue weighted by Crippen LogP contribution is -2.36. The maximum Gasteiger partial charge on any atom is 0.335 e. The third-order valence-corrected chi connectivity index (χ3v) is 5.42. The van der Waals surface area contributed by atoms with Gasteiger partial charge in [-0.3, -0.25) is 4.79 Å². The molecule has 0 unspecified atom stereocenters. The van der Waals surface area contributed by atoms with Gasteiger partial charge in [0.2, 0.25) is 0 Å². The predicted octanol–water partition coefficient (Wildman–Crippen LogP) is 3.34. The number of fused-ring (bicyclic) bond motifs is 1. The van der Waals surface area contributed by atoms with Crippen LogP contribution in [0.2, 0.25) is 0 Å². The van der Waals surface area contributed by atoms with Crippen LogP contribution in [0, 0.1) is 0 Å². The summed E-state index contributed by atoms with van der Waals surface area (Å²) >= 11 is 1.50. The number of carbonyl (C=O) groups excluding carboxylic acids is 1. The van der Waals surface area contributed by atoms with Gasteiger partial charge >= 0.3 is 5.97 Å². The number of rotatable bonds is 2. The first-order valence-electron chi connectivity index (χ1n) is 7.86. The zero-order valence-electron chi connectivity index (χ0n) is 14.0. The summed E-state index contributed by atoms with van der Waals surface area (Å²) in [5.41, 5.74) is 2.48. The second kappa shape index (κ2) is 6.02. The zero-order chi connectivity index (χ0) is 17.5. The Kier molecular flexibility index (Phi) is 4.17. The van der Waals surface area contributed by atoms with Crippen LogP contribution in [0.5, 0.6) is 0 Å². The molecule has 1 N–H and O–H groups in total. The number of amides is 1. The standard InChI is InChI=1S/C18H20N2O3S/c1-18(2,3)17-19-14(10-24-17)15(21)20-8-7-12-11(9-20)5-4-6-13(12)16(22)23/h4-6,10H,7-9H2,1-3H3,(H,22,23). The number of nitrogens with zero attached hydrogens (tertiary/aromatic N) is 2. The quantitative estimate of drug-likeness (QED) is 0.907. The normalized spacial score (nSPS) is 14.4. The van der Waals surface area contributed by atoms with Gasteiger partial charge in [-0.2, -0.15) is 0 Å². The highest BCUT2D eigenvalue weighted by molar-refractivity contribution is 7.10. The van der Waals surface area contributed by atoms with Crippen molar-refractivity contribution in [3.63, 3.8) is 0 Å². The molecule has 1 aromatic heterocycles. The average Bonchev–Trinajstić information content (AvgIpc) is 3.03. The van der Waals surface area contributed by atoms with Crippen molar-refractivity contribution in [1.82, 2.24) is 9.88 Å². The molecule has 2 aromatic rings. The molecular weight excluding hydrogens is 324 g/mol. The maximum atomic E-state index is 12.7. The van der Waals surface area contributed by atoms with Crippen LogP contribution in [0.3, 0.4) is 0 Å². The number of thiazole rings is 1. The molecule has 0 bridgehead atoms. The van der Waals surface area contributed by atoms with E-state index >= 15 is 0 Å². The molecule has 3 rings (SSSR count). The van der Waals surface area contributed by atoms with E-state index in [1.165, 1.54) is 11.3 Å². The van der Waals surface area contributed by atoms with Crippen LogP contribution in [-0.4, -0.2) is 33.4 Å². The van der Waals surface area contributed by atoms with E-state index in [9.17, 15) is 14.7 Å². The molecule has 1 aliphatic rings. The van der Waals surface area contributed by atoms with Gasteiger partial charge in [0, 0.05) is 23.9 Å². The largest absolute Gasteiger partial charge is 0.478 e. The van der Waals surface area contributed by atoms with Gasteiger partial charge in [0.1, 0.15) is 5.69 Å². The Hall–Kier alpha value is -2.21. The van der Waals surface area contributed by atoms with Gasteiger partial charge < -0.3 is 10.0 Å². The Morgan fingerprint density at radius 1 is 1.29 bits per heavy atom. The lowest BCUT2D eigenvalue weighted by atomic mass is 9.94. The summed E-state index contributed by atoms with van der Waals surface area (Å²) in [5.74, 6) is -1.01. The van der Waals surface area contributed by atoms with E-state index in [2.05, 4.69) is 25.8 Å². The second-order valence-corrected chi connectivity index (χ2v) is 7.87. The highest BCUT2D eigenvalue weighted by atomic mass is 32.1. The van der Waals surface area contributed by atoms with E-state index in [1.807, 2.05) is 11.4 Å². The highest BCUT2D eigenvalue weighted by Crippen LogP contribution is 2.28. The van der Waals surface area contributed by atoms with Crippen molar-refractivity contribution < 1.29 is 14.7 Å². The molecule has 1 amide bonds. The van der Waals surface area contributed by atoms with Gasteiger partial charge in [0.15, 0.2) is 0 Å². The number of hydrogen-bond acceptors (Lipinski definition) is 4. The third-order valence-electron chi connectivity index (χ3n) is 4.15. The van der Waals surface area contributed by atoms with Gasteiger partial charge in [0.25, 0.3) is 5.91 Å². The van der Waals surface area contributed by atoms with Crippen molar-refractivity contribution in [1.29, 1.82) is 0 Å². The number of carbonyl (C=O) groups is 2.